The molecule has 0 N–H and O–H groups in total. The molecule has 1 aromatic rings. The maximum atomic E-state index is 4.56. The molecule has 3 heteroatoms. The number of aromatic nitrogens is 2. The van der Waals surface area contributed by atoms with Crippen molar-refractivity contribution >= 4 is 5.82 Å². The number of nitrogens with zero attached hydrogens (tertiary/aromatic N) is 3. The van der Waals surface area contributed by atoms with Gasteiger partial charge in [-0.15, -0.1) is 0 Å². The molecule has 1 saturated heterocycles. The third-order valence-corrected chi connectivity index (χ3v) is 3.67. The summed E-state index contributed by atoms with van der Waals surface area (Å²) >= 11 is 0. The zero-order valence-corrected chi connectivity index (χ0v) is 10.7. The zero-order valence-electron chi connectivity index (χ0n) is 10.7. The summed E-state index contributed by atoms with van der Waals surface area (Å²) in [4.78, 5) is 11.4. The van der Waals surface area contributed by atoms with E-state index in [0.29, 0.717) is 6.04 Å². The minimum absolute atomic E-state index is 0.596. The van der Waals surface area contributed by atoms with E-state index in [1.54, 1.807) is 0 Å². The van der Waals surface area contributed by atoms with Gasteiger partial charge in [0.15, 0.2) is 0 Å². The lowest BCUT2D eigenvalue weighted by molar-refractivity contribution is 0.544. The van der Waals surface area contributed by atoms with E-state index in [4.69, 9.17) is 0 Å². The van der Waals surface area contributed by atoms with Gasteiger partial charge in [-0.1, -0.05) is 13.8 Å². The largest absolute Gasteiger partial charge is 0.354 e. The molecular weight excluding hydrogens is 198 g/mol. The Bertz CT molecular complexity index is 375. The lowest BCUT2D eigenvalue weighted by Crippen LogP contribution is -2.30. The summed E-state index contributed by atoms with van der Waals surface area (Å²) in [5.41, 5.74) is 1.15. The fourth-order valence-electron chi connectivity index (χ4n) is 2.36. The molecule has 1 aromatic heterocycles. The topological polar surface area (TPSA) is 29.0 Å². The Kier molecular flexibility index (Phi) is 3.13. The zero-order chi connectivity index (χ0) is 11.7. The highest BCUT2D eigenvalue weighted by Gasteiger charge is 2.28. The molecule has 0 saturated carbocycles. The first-order chi connectivity index (χ1) is 7.61. The predicted molar refractivity (Wildman–Crippen MR) is 66.7 cm³/mol. The molecule has 88 valence electrons. The van der Waals surface area contributed by atoms with E-state index in [-0.39, 0.29) is 0 Å². The third-order valence-electron chi connectivity index (χ3n) is 3.67. The highest BCUT2D eigenvalue weighted by Crippen LogP contribution is 2.28. The first kappa shape index (κ1) is 11.4. The maximum Gasteiger partial charge on any atom is 0.132 e. The Balaban J connectivity index is 2.30. The van der Waals surface area contributed by atoms with E-state index in [9.17, 15) is 0 Å². The molecule has 1 fully saturated rings. The van der Waals surface area contributed by atoms with Gasteiger partial charge in [-0.2, -0.15) is 0 Å². The molecule has 3 nitrogen and oxygen atoms in total. The van der Waals surface area contributed by atoms with Gasteiger partial charge in [0.1, 0.15) is 11.6 Å². The Morgan fingerprint density at radius 2 is 2.12 bits per heavy atom. The van der Waals surface area contributed by atoms with Crippen LogP contribution in [-0.2, 0) is 6.42 Å². The van der Waals surface area contributed by atoms with Gasteiger partial charge in [0.05, 0.1) is 0 Å². The number of hydrogen-bond donors (Lipinski definition) is 0. The van der Waals surface area contributed by atoms with E-state index in [1.165, 1.54) is 6.42 Å². The molecule has 0 radical (unpaired) electrons. The molecular formula is C13H21N3. The standard InChI is InChI=1S/C13H21N3/c1-5-12-8-13(15-11(4)14-12)16-7-6-9(2)10(16)3/h8-10H,5-7H2,1-4H3. The van der Waals surface area contributed by atoms with Crippen molar-refractivity contribution in [1.82, 2.24) is 9.97 Å². The van der Waals surface area contributed by atoms with E-state index in [1.807, 2.05) is 6.92 Å². The first-order valence-corrected chi connectivity index (χ1v) is 6.23. The molecule has 0 aliphatic carbocycles. The smallest absolute Gasteiger partial charge is 0.132 e. The van der Waals surface area contributed by atoms with Crippen LogP contribution in [0.15, 0.2) is 6.07 Å². The Labute approximate surface area is 97.9 Å². The second kappa shape index (κ2) is 4.40. The van der Waals surface area contributed by atoms with Crippen LogP contribution >= 0.6 is 0 Å². The van der Waals surface area contributed by atoms with E-state index in [2.05, 4.69) is 41.7 Å². The van der Waals surface area contributed by atoms with Crippen molar-refractivity contribution in [1.29, 1.82) is 0 Å². The molecule has 0 aromatic carbocycles. The predicted octanol–water partition coefficient (Wildman–Crippen LogP) is 2.58. The Morgan fingerprint density at radius 3 is 2.69 bits per heavy atom. The molecule has 0 spiro atoms. The van der Waals surface area contributed by atoms with Gasteiger partial charge in [-0.05, 0) is 32.6 Å². The molecule has 16 heavy (non-hydrogen) atoms. The average Bonchev–Trinajstić information content (AvgIpc) is 2.59. The second-order valence-corrected chi connectivity index (χ2v) is 4.82. The molecule has 2 heterocycles. The van der Waals surface area contributed by atoms with Gasteiger partial charge in [0.25, 0.3) is 0 Å². The summed E-state index contributed by atoms with van der Waals surface area (Å²) in [6, 6.07) is 2.74. The van der Waals surface area contributed by atoms with Crippen LogP contribution in [-0.4, -0.2) is 22.6 Å². The fourth-order valence-corrected chi connectivity index (χ4v) is 2.36. The molecule has 2 rings (SSSR count). The van der Waals surface area contributed by atoms with Gasteiger partial charge in [0.2, 0.25) is 0 Å². The highest BCUT2D eigenvalue weighted by atomic mass is 15.2. The third kappa shape index (κ3) is 2.04. The van der Waals surface area contributed by atoms with Crippen LogP contribution in [0.25, 0.3) is 0 Å². The number of anilines is 1. The van der Waals surface area contributed by atoms with E-state index >= 15 is 0 Å². The average molecular weight is 219 g/mol. The van der Waals surface area contributed by atoms with E-state index < -0.39 is 0 Å². The van der Waals surface area contributed by atoms with Crippen LogP contribution in [0.4, 0.5) is 5.82 Å². The van der Waals surface area contributed by atoms with Crippen LogP contribution in [0, 0.1) is 12.8 Å². The van der Waals surface area contributed by atoms with Gasteiger partial charge < -0.3 is 4.90 Å². The van der Waals surface area contributed by atoms with Gasteiger partial charge in [-0.3, -0.25) is 0 Å². The van der Waals surface area contributed by atoms with Crippen LogP contribution in [0.3, 0.4) is 0 Å². The van der Waals surface area contributed by atoms with Crippen molar-refractivity contribution in [2.75, 3.05) is 11.4 Å². The highest BCUT2D eigenvalue weighted by molar-refractivity contribution is 5.42. The van der Waals surface area contributed by atoms with Crippen LogP contribution < -0.4 is 4.90 Å². The molecule has 0 bridgehead atoms. The summed E-state index contributed by atoms with van der Waals surface area (Å²) in [5, 5.41) is 0. The summed E-state index contributed by atoms with van der Waals surface area (Å²) < 4.78 is 0. The van der Waals surface area contributed by atoms with Gasteiger partial charge in [-0.25, -0.2) is 9.97 Å². The monoisotopic (exact) mass is 219 g/mol. The van der Waals surface area contributed by atoms with Crippen molar-refractivity contribution in [3.05, 3.63) is 17.6 Å². The number of rotatable bonds is 2. The molecule has 2 atom stereocenters. The molecule has 1 aliphatic rings. The minimum Gasteiger partial charge on any atom is -0.354 e. The normalized spacial score (nSPS) is 25.1. The summed E-state index contributed by atoms with van der Waals surface area (Å²) in [7, 11) is 0. The molecule has 2 unspecified atom stereocenters. The Morgan fingerprint density at radius 1 is 1.38 bits per heavy atom. The van der Waals surface area contributed by atoms with Crippen LogP contribution in [0.1, 0.15) is 38.7 Å². The van der Waals surface area contributed by atoms with Crippen molar-refractivity contribution in [3.63, 3.8) is 0 Å². The van der Waals surface area contributed by atoms with Crippen molar-refractivity contribution in [2.24, 2.45) is 5.92 Å². The second-order valence-electron chi connectivity index (χ2n) is 4.82. The van der Waals surface area contributed by atoms with Crippen molar-refractivity contribution < 1.29 is 0 Å². The van der Waals surface area contributed by atoms with Crippen molar-refractivity contribution in [3.8, 4) is 0 Å². The first-order valence-electron chi connectivity index (χ1n) is 6.23. The van der Waals surface area contributed by atoms with Gasteiger partial charge >= 0.3 is 0 Å². The maximum absolute atomic E-state index is 4.56. The van der Waals surface area contributed by atoms with Crippen molar-refractivity contribution in [2.45, 2.75) is 46.6 Å². The summed E-state index contributed by atoms with van der Waals surface area (Å²) in [6.07, 6.45) is 2.25. The van der Waals surface area contributed by atoms with Crippen LogP contribution in [0.5, 0.6) is 0 Å². The minimum atomic E-state index is 0.596. The number of hydrogen-bond acceptors (Lipinski definition) is 3. The lowest BCUT2D eigenvalue weighted by atomic mass is 10.1. The van der Waals surface area contributed by atoms with E-state index in [0.717, 1.165) is 36.2 Å². The molecule has 1 aliphatic heterocycles. The number of aryl methyl sites for hydroxylation is 2. The van der Waals surface area contributed by atoms with Crippen LogP contribution in [0.2, 0.25) is 0 Å². The summed E-state index contributed by atoms with van der Waals surface area (Å²) in [5.74, 6) is 2.77. The molecule has 0 amide bonds. The quantitative estimate of drug-likeness (QED) is 0.765. The van der Waals surface area contributed by atoms with Gasteiger partial charge in [0, 0.05) is 24.3 Å². The SMILES string of the molecule is CCc1cc(N2CCC(C)C2C)nc(C)n1. The lowest BCUT2D eigenvalue weighted by Gasteiger charge is -2.25. The Hall–Kier alpha value is -1.12. The fraction of sp³-hybridized carbons (Fsp3) is 0.692. The summed E-state index contributed by atoms with van der Waals surface area (Å²) in [6.45, 7) is 9.86.